The molecule has 0 bridgehead atoms. The first-order chi connectivity index (χ1) is 33.7. The highest BCUT2D eigenvalue weighted by Crippen LogP contribution is 2.62. The molecule has 0 amide bonds. The number of carboxylic acids is 2. The topological polar surface area (TPSA) is 130 Å². The van der Waals surface area contributed by atoms with Gasteiger partial charge in [-0.2, -0.15) is 0 Å². The first-order valence-electron chi connectivity index (χ1n) is 26.2. The van der Waals surface area contributed by atoms with Crippen LogP contribution in [0.5, 0.6) is 23.0 Å². The minimum absolute atomic E-state index is 0.179. The molecule has 0 unspecified atom stereocenters. The van der Waals surface area contributed by atoms with E-state index in [1.165, 1.54) is 71.9 Å². The number of hydrogen-bond acceptors (Lipinski definition) is 8. The summed E-state index contributed by atoms with van der Waals surface area (Å²) >= 11 is 0. The van der Waals surface area contributed by atoms with E-state index >= 15 is 0 Å². The average molecular weight is 957 g/mol. The van der Waals surface area contributed by atoms with Crippen molar-refractivity contribution in [1.82, 2.24) is 0 Å². The highest BCUT2D eigenvalue weighted by atomic mass is 16.5. The molecular formula is C60H76O10. The molecule has 6 atom stereocenters. The van der Waals surface area contributed by atoms with Crippen LogP contribution in [0.1, 0.15) is 161 Å². The molecule has 0 saturated heterocycles. The maximum atomic E-state index is 11.7. The largest absolute Gasteiger partial charge is 0.491 e. The zero-order valence-electron chi connectivity index (χ0n) is 42.5. The Kier molecular flexibility index (Phi) is 14.7. The number of fused-ring (bicyclic) bond motifs is 4. The molecule has 0 heterocycles. The van der Waals surface area contributed by atoms with Gasteiger partial charge in [-0.25, -0.2) is 0 Å². The van der Waals surface area contributed by atoms with Crippen molar-refractivity contribution in [3.8, 4) is 23.0 Å². The molecule has 10 nitrogen and oxygen atoms in total. The summed E-state index contributed by atoms with van der Waals surface area (Å²) < 4.78 is 35.1. The van der Waals surface area contributed by atoms with Gasteiger partial charge in [-0.1, -0.05) is 64.8 Å². The zero-order chi connectivity index (χ0) is 49.3. The number of carbonyl (C=O) groups is 2. The number of ether oxygens (including phenoxy) is 6. The van der Waals surface area contributed by atoms with Gasteiger partial charge < -0.3 is 38.6 Å². The zero-order valence-corrected chi connectivity index (χ0v) is 42.5. The molecule has 2 spiro atoms. The first-order valence-corrected chi connectivity index (χ1v) is 26.2. The molecule has 6 aliphatic carbocycles. The lowest BCUT2D eigenvalue weighted by Gasteiger charge is -2.29. The Morgan fingerprint density at radius 2 is 0.957 bits per heavy atom. The fourth-order valence-electron chi connectivity index (χ4n) is 13.3. The number of aliphatic carboxylic acids is 2. The molecule has 70 heavy (non-hydrogen) atoms. The van der Waals surface area contributed by atoms with Crippen LogP contribution in [0.25, 0.3) is 0 Å². The van der Waals surface area contributed by atoms with Crippen LogP contribution in [0.15, 0.2) is 72.8 Å². The summed E-state index contributed by atoms with van der Waals surface area (Å²) in [7, 11) is 3.39. The van der Waals surface area contributed by atoms with Gasteiger partial charge in [-0.3, -0.25) is 9.59 Å². The van der Waals surface area contributed by atoms with Crippen molar-refractivity contribution in [2.45, 2.75) is 153 Å². The molecule has 10 rings (SSSR count). The van der Waals surface area contributed by atoms with Crippen molar-refractivity contribution in [2.24, 2.45) is 22.7 Å². The van der Waals surface area contributed by atoms with E-state index in [1.54, 1.807) is 14.2 Å². The van der Waals surface area contributed by atoms with E-state index in [1.807, 2.05) is 12.1 Å². The lowest BCUT2D eigenvalue weighted by atomic mass is 9.77. The van der Waals surface area contributed by atoms with Gasteiger partial charge in [0.15, 0.2) is 0 Å². The Bertz CT molecular complexity index is 2350. The molecule has 0 aromatic heterocycles. The highest BCUT2D eigenvalue weighted by Gasteiger charge is 2.61. The normalized spacial score (nSPS) is 26.4. The van der Waals surface area contributed by atoms with Crippen LogP contribution in [0, 0.1) is 22.7 Å². The molecular weight excluding hydrogens is 881 g/mol. The van der Waals surface area contributed by atoms with Crippen molar-refractivity contribution in [1.29, 1.82) is 0 Å². The molecule has 4 fully saturated rings. The van der Waals surface area contributed by atoms with Crippen molar-refractivity contribution >= 4 is 11.9 Å². The molecule has 4 aromatic rings. The summed E-state index contributed by atoms with van der Waals surface area (Å²) in [5.74, 6) is 2.65. The number of benzene rings is 4. The predicted octanol–water partition coefficient (Wildman–Crippen LogP) is 12.5. The smallest absolute Gasteiger partial charge is 0.307 e. The van der Waals surface area contributed by atoms with E-state index in [0.717, 1.165) is 85.5 Å². The second-order valence-corrected chi connectivity index (χ2v) is 22.7. The van der Waals surface area contributed by atoms with Crippen molar-refractivity contribution in [2.75, 3.05) is 40.6 Å². The number of methoxy groups -OCH3 is 2. The summed E-state index contributed by atoms with van der Waals surface area (Å²) in [6.45, 7) is 12.6. The van der Waals surface area contributed by atoms with Gasteiger partial charge in [-0.05, 0) is 193 Å². The van der Waals surface area contributed by atoms with Gasteiger partial charge in [0, 0.05) is 25.0 Å². The van der Waals surface area contributed by atoms with Gasteiger partial charge in [0.05, 0.1) is 25.0 Å². The lowest BCUT2D eigenvalue weighted by Crippen LogP contribution is -2.21. The van der Waals surface area contributed by atoms with E-state index in [9.17, 15) is 19.8 Å². The van der Waals surface area contributed by atoms with E-state index in [-0.39, 0.29) is 33.5 Å². The maximum Gasteiger partial charge on any atom is 0.307 e. The number of aryl methyl sites for hydroxylation is 2. The van der Waals surface area contributed by atoms with Crippen LogP contribution in [0.3, 0.4) is 0 Å². The lowest BCUT2D eigenvalue weighted by molar-refractivity contribution is -0.140. The van der Waals surface area contributed by atoms with Crippen LogP contribution in [0.2, 0.25) is 0 Å². The van der Waals surface area contributed by atoms with E-state index in [0.29, 0.717) is 51.5 Å². The van der Waals surface area contributed by atoms with Crippen LogP contribution < -0.4 is 18.9 Å². The van der Waals surface area contributed by atoms with E-state index in [4.69, 9.17) is 28.4 Å². The summed E-state index contributed by atoms with van der Waals surface area (Å²) in [5, 5.41) is 19.2. The summed E-state index contributed by atoms with van der Waals surface area (Å²) in [4.78, 5) is 23.4. The van der Waals surface area contributed by atoms with Gasteiger partial charge in [-0.15, -0.1) is 0 Å². The van der Waals surface area contributed by atoms with Gasteiger partial charge >= 0.3 is 11.9 Å². The molecule has 6 aliphatic rings. The Balaban J connectivity index is 0.000000174. The Labute approximate surface area is 415 Å². The number of rotatable bonds is 18. The molecule has 2 N–H and O–H groups in total. The molecule has 376 valence electrons. The average Bonchev–Trinajstić information content (AvgIpc) is 4.18. The van der Waals surface area contributed by atoms with Gasteiger partial charge in [0.25, 0.3) is 0 Å². The second-order valence-electron chi connectivity index (χ2n) is 22.7. The maximum absolute atomic E-state index is 11.7. The van der Waals surface area contributed by atoms with Crippen molar-refractivity contribution in [3.05, 3.63) is 117 Å². The quantitative estimate of drug-likeness (QED) is 0.0930. The predicted molar refractivity (Wildman–Crippen MR) is 271 cm³/mol. The molecule has 0 aliphatic heterocycles. The van der Waals surface area contributed by atoms with Gasteiger partial charge in [0.2, 0.25) is 0 Å². The first kappa shape index (κ1) is 49.9. The van der Waals surface area contributed by atoms with Crippen LogP contribution in [-0.4, -0.2) is 62.8 Å². The molecule has 4 aromatic carbocycles. The van der Waals surface area contributed by atoms with Crippen molar-refractivity contribution in [3.63, 3.8) is 0 Å². The third-order valence-electron chi connectivity index (χ3n) is 17.4. The minimum Gasteiger partial charge on any atom is -0.491 e. The summed E-state index contributed by atoms with van der Waals surface area (Å²) in [6, 6.07) is 25.5. The van der Waals surface area contributed by atoms with Crippen LogP contribution in [-0.2, 0) is 55.9 Å². The van der Waals surface area contributed by atoms with E-state index < -0.39 is 11.9 Å². The van der Waals surface area contributed by atoms with E-state index in [2.05, 4.69) is 88.4 Å². The minimum atomic E-state index is -0.667. The Morgan fingerprint density at radius 1 is 0.529 bits per heavy atom. The highest BCUT2D eigenvalue weighted by molar-refractivity contribution is 5.78. The fourth-order valence-corrected chi connectivity index (χ4v) is 13.3. The van der Waals surface area contributed by atoms with Gasteiger partial charge in [0.1, 0.15) is 49.4 Å². The van der Waals surface area contributed by atoms with Crippen LogP contribution in [0.4, 0.5) is 0 Å². The molecule has 4 saturated carbocycles. The molecule has 10 heteroatoms. The van der Waals surface area contributed by atoms with Crippen LogP contribution >= 0.6 is 0 Å². The fraction of sp³-hybridized carbons (Fsp3) is 0.567. The third kappa shape index (κ3) is 10.3. The monoisotopic (exact) mass is 957 g/mol. The number of carboxylic acid groups (broad SMARTS) is 2. The molecule has 0 radical (unpaired) electrons. The SMILES string of the molecule is COCCOc1ccc(COc2ccc3c(c2)[C@@]2(CCC3)C[C@@H]2C(=O)O)cc1[C@@H]1CCCC1(C)C.COCCOc1ccc(COc2ccc3c(c2)[C@]2(CCC3)C[C@H]2C(=O)O)cc1[C@@H]1CCCC1(C)C. The second kappa shape index (κ2) is 20.6. The third-order valence-corrected chi connectivity index (χ3v) is 17.4. The Hall–Kier alpha value is -5.06. The standard InChI is InChI=1S/2C30H38O5/c2*1-29(2)12-5-7-24(29)23-16-20(8-11-27(23)34-15-14-33-3)19-35-22-10-9-21-6-4-13-30(25(21)17-22)18-26(30)28(31)32/h2*8-11,16-17,24,26H,4-7,12-15,18-19H2,1-3H3,(H,31,32)/t24-,26+,30+;24-,26-,30-/m00/s1. The number of hydrogen-bond donors (Lipinski definition) is 2. The Morgan fingerprint density at radius 3 is 1.31 bits per heavy atom. The van der Waals surface area contributed by atoms with Crippen molar-refractivity contribution < 1.29 is 48.2 Å². The summed E-state index contributed by atoms with van der Waals surface area (Å²) in [5.41, 5.74) is 9.91. The summed E-state index contributed by atoms with van der Waals surface area (Å²) in [6.07, 6.45) is 14.9.